The number of hydrogen-bond donors (Lipinski definition) is 0. The molecule has 0 radical (unpaired) electrons. The van der Waals surface area contributed by atoms with Gasteiger partial charge in [0, 0.05) is 30.8 Å². The molecule has 1 atom stereocenters. The summed E-state index contributed by atoms with van der Waals surface area (Å²) in [5.74, 6) is 1.07. The van der Waals surface area contributed by atoms with E-state index < -0.39 is 0 Å². The molecule has 4 heteroatoms. The van der Waals surface area contributed by atoms with Gasteiger partial charge in [0.2, 0.25) is 6.41 Å². The summed E-state index contributed by atoms with van der Waals surface area (Å²) in [5, 5.41) is 0. The van der Waals surface area contributed by atoms with Gasteiger partial charge in [0.1, 0.15) is 5.82 Å². The zero-order chi connectivity index (χ0) is 14.1. The average Bonchev–Trinajstić information content (AvgIpc) is 2.88. The highest BCUT2D eigenvalue weighted by Crippen LogP contribution is 2.30. The largest absolute Gasteiger partial charge is 0.336 e. The normalized spacial score (nSPS) is 17.9. The minimum atomic E-state index is 0.0616. The first-order valence-electron chi connectivity index (χ1n) is 7.13. The number of rotatable bonds is 3. The van der Waals surface area contributed by atoms with Gasteiger partial charge in [-0.3, -0.25) is 4.79 Å². The van der Waals surface area contributed by atoms with Gasteiger partial charge in [-0.05, 0) is 19.1 Å². The van der Waals surface area contributed by atoms with E-state index in [9.17, 15) is 4.79 Å². The quantitative estimate of drug-likeness (QED) is 0.803. The van der Waals surface area contributed by atoms with E-state index in [1.165, 1.54) is 5.69 Å². The molecule has 1 aliphatic heterocycles. The molecule has 2 aromatic rings. The van der Waals surface area contributed by atoms with Crippen LogP contribution in [0, 0.1) is 0 Å². The number of carbonyl (C=O) groups excluding carboxylic acids is 1. The van der Waals surface area contributed by atoms with Crippen molar-refractivity contribution >= 4 is 6.41 Å². The van der Waals surface area contributed by atoms with Gasteiger partial charge in [-0.15, -0.1) is 0 Å². The Morgan fingerprint density at radius 1 is 1.35 bits per heavy atom. The number of hydrogen-bond acceptors (Lipinski definition) is 2. The van der Waals surface area contributed by atoms with Crippen molar-refractivity contribution in [1.29, 1.82) is 0 Å². The van der Waals surface area contributed by atoms with Gasteiger partial charge < -0.3 is 9.47 Å². The van der Waals surface area contributed by atoms with Gasteiger partial charge in [-0.25, -0.2) is 4.98 Å². The molecule has 3 rings (SSSR count). The Hall–Kier alpha value is -2.10. The molecule has 1 aromatic carbocycles. The van der Waals surface area contributed by atoms with Crippen LogP contribution in [-0.4, -0.2) is 27.4 Å². The molecule has 20 heavy (non-hydrogen) atoms. The molecular weight excluding hydrogens is 250 g/mol. The summed E-state index contributed by atoms with van der Waals surface area (Å²) in [6.07, 6.45) is 2.68. The number of amides is 1. The third-order valence-electron chi connectivity index (χ3n) is 4.04. The fraction of sp³-hybridized carbons (Fsp3) is 0.375. The third kappa shape index (κ3) is 1.92. The molecule has 0 saturated heterocycles. The van der Waals surface area contributed by atoms with Gasteiger partial charge in [-0.1, -0.05) is 25.1 Å². The maximum atomic E-state index is 11.1. The van der Waals surface area contributed by atoms with Crippen molar-refractivity contribution in [1.82, 2.24) is 14.5 Å². The van der Waals surface area contributed by atoms with Crippen LogP contribution in [0.4, 0.5) is 0 Å². The highest BCUT2D eigenvalue weighted by atomic mass is 16.1. The molecule has 0 saturated carbocycles. The van der Waals surface area contributed by atoms with Crippen molar-refractivity contribution in [3.63, 3.8) is 0 Å². The fourth-order valence-electron chi connectivity index (χ4n) is 2.95. The SMILES string of the molecule is CCc1nc2c(n1-c1ccccc1)CCN(C=O)C2C. The summed E-state index contributed by atoms with van der Waals surface area (Å²) in [6, 6.07) is 10.4. The monoisotopic (exact) mass is 269 g/mol. The molecule has 1 amide bonds. The lowest BCUT2D eigenvalue weighted by Gasteiger charge is -2.29. The van der Waals surface area contributed by atoms with Crippen molar-refractivity contribution in [2.45, 2.75) is 32.7 Å². The minimum absolute atomic E-state index is 0.0616. The summed E-state index contributed by atoms with van der Waals surface area (Å²) in [5.41, 5.74) is 3.45. The Balaban J connectivity index is 2.15. The zero-order valence-electron chi connectivity index (χ0n) is 11.9. The molecule has 104 valence electrons. The number of fused-ring (bicyclic) bond motifs is 1. The lowest BCUT2D eigenvalue weighted by molar-refractivity contribution is -0.120. The van der Waals surface area contributed by atoms with Crippen LogP contribution < -0.4 is 0 Å². The first kappa shape index (κ1) is 12.9. The van der Waals surface area contributed by atoms with Crippen LogP contribution in [-0.2, 0) is 17.6 Å². The van der Waals surface area contributed by atoms with Crippen molar-refractivity contribution in [2.75, 3.05) is 6.54 Å². The smallest absolute Gasteiger partial charge is 0.210 e. The summed E-state index contributed by atoms with van der Waals surface area (Å²) < 4.78 is 2.26. The summed E-state index contributed by atoms with van der Waals surface area (Å²) in [4.78, 5) is 17.7. The Bertz CT molecular complexity index is 618. The van der Waals surface area contributed by atoms with Crippen molar-refractivity contribution in [2.24, 2.45) is 0 Å². The van der Waals surface area contributed by atoms with Crippen LogP contribution in [0.15, 0.2) is 30.3 Å². The Morgan fingerprint density at radius 3 is 2.75 bits per heavy atom. The van der Waals surface area contributed by atoms with E-state index in [1.807, 2.05) is 30.0 Å². The van der Waals surface area contributed by atoms with E-state index in [-0.39, 0.29) is 6.04 Å². The maximum Gasteiger partial charge on any atom is 0.210 e. The molecule has 0 bridgehead atoms. The second-order valence-electron chi connectivity index (χ2n) is 5.15. The van der Waals surface area contributed by atoms with Crippen LogP contribution in [0.2, 0.25) is 0 Å². The van der Waals surface area contributed by atoms with Crippen LogP contribution in [0.1, 0.15) is 37.1 Å². The predicted octanol–water partition coefficient (Wildman–Crippen LogP) is 2.51. The molecule has 1 aliphatic rings. The van der Waals surface area contributed by atoms with E-state index in [4.69, 9.17) is 4.98 Å². The van der Waals surface area contributed by atoms with Gasteiger partial charge >= 0.3 is 0 Å². The predicted molar refractivity (Wildman–Crippen MR) is 77.8 cm³/mol. The van der Waals surface area contributed by atoms with Crippen LogP contribution in [0.3, 0.4) is 0 Å². The van der Waals surface area contributed by atoms with Gasteiger partial charge in [0.15, 0.2) is 0 Å². The van der Waals surface area contributed by atoms with Gasteiger partial charge in [0.05, 0.1) is 11.7 Å². The first-order valence-corrected chi connectivity index (χ1v) is 7.13. The summed E-state index contributed by atoms with van der Waals surface area (Å²) in [6.45, 7) is 4.93. The Labute approximate surface area is 119 Å². The van der Waals surface area contributed by atoms with Gasteiger partial charge in [0.25, 0.3) is 0 Å². The summed E-state index contributed by atoms with van der Waals surface area (Å²) >= 11 is 0. The van der Waals surface area contributed by atoms with Crippen molar-refractivity contribution < 1.29 is 4.79 Å². The highest BCUT2D eigenvalue weighted by Gasteiger charge is 2.29. The van der Waals surface area contributed by atoms with Crippen LogP contribution >= 0.6 is 0 Å². The van der Waals surface area contributed by atoms with Crippen molar-refractivity contribution in [3.8, 4) is 5.69 Å². The van der Waals surface area contributed by atoms with Crippen molar-refractivity contribution in [3.05, 3.63) is 47.5 Å². The third-order valence-corrected chi connectivity index (χ3v) is 4.04. The average molecular weight is 269 g/mol. The number of aryl methyl sites for hydroxylation is 1. The van der Waals surface area contributed by atoms with E-state index in [1.54, 1.807) is 0 Å². The molecule has 2 heterocycles. The van der Waals surface area contributed by atoms with Gasteiger partial charge in [-0.2, -0.15) is 0 Å². The van der Waals surface area contributed by atoms with E-state index in [2.05, 4.69) is 23.6 Å². The second-order valence-corrected chi connectivity index (χ2v) is 5.15. The molecule has 4 nitrogen and oxygen atoms in total. The molecule has 0 spiro atoms. The highest BCUT2D eigenvalue weighted by molar-refractivity contribution is 5.50. The first-order chi connectivity index (χ1) is 9.76. The lowest BCUT2D eigenvalue weighted by Crippen LogP contribution is -2.33. The second kappa shape index (κ2) is 5.12. The van der Waals surface area contributed by atoms with E-state index in [0.717, 1.165) is 43.0 Å². The lowest BCUT2D eigenvalue weighted by atomic mass is 10.0. The number of imidazole rings is 1. The Kier molecular flexibility index (Phi) is 3.30. The standard InChI is InChI=1S/C16H19N3O/c1-3-15-17-16-12(2)18(11-20)10-9-14(16)19(15)13-7-5-4-6-8-13/h4-8,11-12H,3,9-10H2,1-2H3. The number of carbonyl (C=O) groups is 1. The molecule has 1 unspecified atom stereocenters. The molecular formula is C16H19N3O. The molecule has 1 aromatic heterocycles. The molecule has 0 N–H and O–H groups in total. The molecule has 0 aliphatic carbocycles. The van der Waals surface area contributed by atoms with E-state index in [0.29, 0.717) is 0 Å². The topological polar surface area (TPSA) is 38.1 Å². The zero-order valence-corrected chi connectivity index (χ0v) is 11.9. The fourth-order valence-corrected chi connectivity index (χ4v) is 2.95. The van der Waals surface area contributed by atoms with E-state index >= 15 is 0 Å². The summed E-state index contributed by atoms with van der Waals surface area (Å²) in [7, 11) is 0. The van der Waals surface area contributed by atoms with Crippen LogP contribution in [0.25, 0.3) is 5.69 Å². The molecule has 0 fully saturated rings. The van der Waals surface area contributed by atoms with Crippen LogP contribution in [0.5, 0.6) is 0 Å². The number of benzene rings is 1. The number of nitrogens with zero attached hydrogens (tertiary/aromatic N) is 3. The maximum absolute atomic E-state index is 11.1. The number of aromatic nitrogens is 2. The Morgan fingerprint density at radius 2 is 2.10 bits per heavy atom. The number of para-hydroxylation sites is 1. The minimum Gasteiger partial charge on any atom is -0.336 e.